The Balaban J connectivity index is 1.64. The summed E-state index contributed by atoms with van der Waals surface area (Å²) in [6, 6.07) is 8.59. The summed E-state index contributed by atoms with van der Waals surface area (Å²) in [6.07, 6.45) is 0.0326. The number of carbonyl (C=O) groups excluding carboxylic acids is 1. The average molecular weight is 376 g/mol. The number of nitrogens with zero attached hydrogens (tertiary/aromatic N) is 1. The number of amides is 1. The SMILES string of the molecule is CC(NC(=O)Cc1csc(-c2ccc(F)cc2)n1)c1ccc(F)cc1F. The molecule has 1 aromatic heterocycles. The molecule has 0 radical (unpaired) electrons. The topological polar surface area (TPSA) is 42.0 Å². The van der Waals surface area contributed by atoms with Crippen LogP contribution in [0.4, 0.5) is 13.2 Å². The molecule has 2 aromatic carbocycles. The molecule has 0 spiro atoms. The molecule has 0 aliphatic heterocycles. The lowest BCUT2D eigenvalue weighted by atomic mass is 10.1. The fourth-order valence-corrected chi connectivity index (χ4v) is 3.33. The zero-order chi connectivity index (χ0) is 18.7. The molecule has 3 aromatic rings. The van der Waals surface area contributed by atoms with E-state index in [-0.39, 0.29) is 23.7 Å². The Morgan fingerprint density at radius 2 is 1.81 bits per heavy atom. The molecule has 0 fully saturated rings. The first kappa shape index (κ1) is 18.1. The van der Waals surface area contributed by atoms with Gasteiger partial charge in [-0.15, -0.1) is 11.3 Å². The summed E-state index contributed by atoms with van der Waals surface area (Å²) in [6.45, 7) is 1.62. The van der Waals surface area contributed by atoms with Crippen LogP contribution in [0.25, 0.3) is 10.6 Å². The molecule has 0 aliphatic carbocycles. The minimum Gasteiger partial charge on any atom is -0.349 e. The maximum atomic E-state index is 13.8. The summed E-state index contributed by atoms with van der Waals surface area (Å²) in [5, 5.41) is 5.11. The number of nitrogens with one attached hydrogen (secondary N) is 1. The fourth-order valence-electron chi connectivity index (χ4n) is 2.50. The third-order valence-electron chi connectivity index (χ3n) is 3.79. The van der Waals surface area contributed by atoms with Gasteiger partial charge in [0.2, 0.25) is 5.91 Å². The molecule has 0 saturated carbocycles. The molecule has 0 aliphatic rings. The van der Waals surface area contributed by atoms with Gasteiger partial charge in [-0.3, -0.25) is 4.79 Å². The summed E-state index contributed by atoms with van der Waals surface area (Å²) < 4.78 is 39.7. The molecule has 1 N–H and O–H groups in total. The van der Waals surface area contributed by atoms with E-state index in [1.54, 1.807) is 24.4 Å². The van der Waals surface area contributed by atoms with Gasteiger partial charge in [0, 0.05) is 22.6 Å². The van der Waals surface area contributed by atoms with Crippen LogP contribution in [0.2, 0.25) is 0 Å². The number of rotatable bonds is 5. The first-order chi connectivity index (χ1) is 12.4. The molecule has 0 bridgehead atoms. The maximum absolute atomic E-state index is 13.8. The van der Waals surface area contributed by atoms with Gasteiger partial charge in [0.1, 0.15) is 22.5 Å². The van der Waals surface area contributed by atoms with Crippen molar-refractivity contribution in [1.82, 2.24) is 10.3 Å². The summed E-state index contributed by atoms with van der Waals surface area (Å²) in [5.74, 6) is -2.02. The molecular formula is C19H15F3N2OS. The molecule has 26 heavy (non-hydrogen) atoms. The van der Waals surface area contributed by atoms with E-state index in [1.807, 2.05) is 0 Å². The standard InChI is InChI=1S/C19H15F3N2OS/c1-11(16-7-6-14(21)8-17(16)22)23-18(25)9-15-10-26-19(24-15)12-2-4-13(20)5-3-12/h2-8,10-11H,9H2,1H3,(H,23,25). The fraction of sp³-hybridized carbons (Fsp3) is 0.158. The molecule has 1 atom stereocenters. The van der Waals surface area contributed by atoms with Gasteiger partial charge in [0.25, 0.3) is 0 Å². The summed E-state index contributed by atoms with van der Waals surface area (Å²) in [4.78, 5) is 16.5. The number of carbonyl (C=O) groups is 1. The van der Waals surface area contributed by atoms with Crippen molar-refractivity contribution in [2.75, 3.05) is 0 Å². The second-order valence-electron chi connectivity index (χ2n) is 5.78. The van der Waals surface area contributed by atoms with Crippen molar-refractivity contribution in [3.8, 4) is 10.6 Å². The second kappa shape index (κ2) is 7.70. The van der Waals surface area contributed by atoms with Crippen LogP contribution in [0.15, 0.2) is 47.8 Å². The molecule has 134 valence electrons. The van der Waals surface area contributed by atoms with E-state index < -0.39 is 17.7 Å². The van der Waals surface area contributed by atoms with Gasteiger partial charge in [-0.1, -0.05) is 6.07 Å². The highest BCUT2D eigenvalue weighted by molar-refractivity contribution is 7.13. The van der Waals surface area contributed by atoms with Crippen LogP contribution in [-0.4, -0.2) is 10.9 Å². The van der Waals surface area contributed by atoms with Crippen molar-refractivity contribution in [3.63, 3.8) is 0 Å². The minimum atomic E-state index is -0.704. The van der Waals surface area contributed by atoms with Crippen molar-refractivity contribution >= 4 is 17.2 Å². The highest BCUT2D eigenvalue weighted by Gasteiger charge is 2.16. The normalized spacial score (nSPS) is 12.0. The van der Waals surface area contributed by atoms with E-state index in [0.717, 1.165) is 17.7 Å². The Morgan fingerprint density at radius 1 is 1.12 bits per heavy atom. The number of halogens is 3. The van der Waals surface area contributed by atoms with E-state index >= 15 is 0 Å². The molecule has 3 nitrogen and oxygen atoms in total. The van der Waals surface area contributed by atoms with Gasteiger partial charge in [-0.2, -0.15) is 0 Å². The Hall–Kier alpha value is -2.67. The van der Waals surface area contributed by atoms with Crippen LogP contribution >= 0.6 is 11.3 Å². The monoisotopic (exact) mass is 376 g/mol. The summed E-state index contributed by atoms with van der Waals surface area (Å²) in [7, 11) is 0. The molecule has 3 rings (SSSR count). The van der Waals surface area contributed by atoms with Crippen molar-refractivity contribution in [3.05, 3.63) is 76.6 Å². The van der Waals surface area contributed by atoms with E-state index in [2.05, 4.69) is 10.3 Å². The molecule has 1 heterocycles. The molecular weight excluding hydrogens is 361 g/mol. The van der Waals surface area contributed by atoms with Gasteiger partial charge in [0.05, 0.1) is 18.2 Å². The predicted octanol–water partition coefficient (Wildman–Crippen LogP) is 4.65. The lowest BCUT2D eigenvalue weighted by molar-refractivity contribution is -0.121. The predicted molar refractivity (Wildman–Crippen MR) is 94.1 cm³/mol. The van der Waals surface area contributed by atoms with Crippen LogP contribution in [0.5, 0.6) is 0 Å². The van der Waals surface area contributed by atoms with E-state index in [9.17, 15) is 18.0 Å². The zero-order valence-corrected chi connectivity index (χ0v) is 14.6. The first-order valence-electron chi connectivity index (χ1n) is 7.87. The van der Waals surface area contributed by atoms with Crippen molar-refractivity contribution in [2.45, 2.75) is 19.4 Å². The van der Waals surface area contributed by atoms with Crippen LogP contribution in [0.3, 0.4) is 0 Å². The van der Waals surface area contributed by atoms with Crippen molar-refractivity contribution < 1.29 is 18.0 Å². The number of thiazole rings is 1. The Morgan fingerprint density at radius 3 is 2.50 bits per heavy atom. The minimum absolute atomic E-state index is 0.0326. The number of hydrogen-bond acceptors (Lipinski definition) is 3. The van der Waals surface area contributed by atoms with Crippen LogP contribution < -0.4 is 5.32 Å². The van der Waals surface area contributed by atoms with Gasteiger partial charge < -0.3 is 5.32 Å². The van der Waals surface area contributed by atoms with Crippen LogP contribution in [0, 0.1) is 17.5 Å². The van der Waals surface area contributed by atoms with Gasteiger partial charge >= 0.3 is 0 Å². The van der Waals surface area contributed by atoms with E-state index in [1.165, 1.54) is 29.5 Å². The molecule has 0 saturated heterocycles. The average Bonchev–Trinajstić information content (AvgIpc) is 3.03. The Bertz CT molecular complexity index is 925. The maximum Gasteiger partial charge on any atom is 0.226 e. The highest BCUT2D eigenvalue weighted by Crippen LogP contribution is 2.24. The largest absolute Gasteiger partial charge is 0.349 e. The third-order valence-corrected chi connectivity index (χ3v) is 4.73. The number of hydrogen-bond donors (Lipinski definition) is 1. The third kappa shape index (κ3) is 4.29. The van der Waals surface area contributed by atoms with Crippen molar-refractivity contribution in [1.29, 1.82) is 0 Å². The van der Waals surface area contributed by atoms with Crippen LogP contribution in [0.1, 0.15) is 24.2 Å². The van der Waals surface area contributed by atoms with Crippen LogP contribution in [-0.2, 0) is 11.2 Å². The lowest BCUT2D eigenvalue weighted by Gasteiger charge is -2.14. The molecule has 7 heteroatoms. The Labute approximate surface area is 152 Å². The molecule has 1 unspecified atom stereocenters. The second-order valence-corrected chi connectivity index (χ2v) is 6.64. The zero-order valence-electron chi connectivity index (χ0n) is 13.8. The van der Waals surface area contributed by atoms with Crippen molar-refractivity contribution in [2.24, 2.45) is 0 Å². The highest BCUT2D eigenvalue weighted by atomic mass is 32.1. The van der Waals surface area contributed by atoms with Gasteiger partial charge in [-0.05, 0) is 37.3 Å². The first-order valence-corrected chi connectivity index (χ1v) is 8.75. The summed E-state index contributed by atoms with van der Waals surface area (Å²) >= 11 is 1.35. The Kier molecular flexibility index (Phi) is 5.37. The van der Waals surface area contributed by atoms with Gasteiger partial charge in [0.15, 0.2) is 0 Å². The summed E-state index contributed by atoms with van der Waals surface area (Å²) in [5.41, 5.74) is 1.55. The number of benzene rings is 2. The lowest BCUT2D eigenvalue weighted by Crippen LogP contribution is -2.28. The quantitative estimate of drug-likeness (QED) is 0.704. The van der Waals surface area contributed by atoms with E-state index in [4.69, 9.17) is 0 Å². The van der Waals surface area contributed by atoms with E-state index in [0.29, 0.717) is 10.7 Å². The smallest absolute Gasteiger partial charge is 0.226 e. The number of aromatic nitrogens is 1. The van der Waals surface area contributed by atoms with Gasteiger partial charge in [-0.25, -0.2) is 18.2 Å². The molecule has 1 amide bonds.